The van der Waals surface area contributed by atoms with Crippen LogP contribution in [0.4, 0.5) is 26.3 Å². The zero-order valence-electron chi connectivity index (χ0n) is 53.4. The quantitative estimate of drug-likeness (QED) is 0.0490. The summed E-state index contributed by atoms with van der Waals surface area (Å²) in [5, 5.41) is 0. The molecule has 0 radical (unpaired) electrons. The monoisotopic (exact) mass is 1320 g/mol. The van der Waals surface area contributed by atoms with Gasteiger partial charge >= 0.3 is 12.7 Å². The van der Waals surface area contributed by atoms with Gasteiger partial charge in [0.15, 0.2) is 0 Å². The van der Waals surface area contributed by atoms with Crippen LogP contribution in [0.3, 0.4) is 0 Å². The maximum Gasteiger partial charge on any atom is 0.573 e. The largest absolute Gasteiger partial charge is 0.573 e. The third-order valence-corrected chi connectivity index (χ3v) is 18.0. The van der Waals surface area contributed by atoms with Crippen molar-refractivity contribution in [1.29, 1.82) is 0 Å². The lowest BCUT2D eigenvalue weighted by Gasteiger charge is -2.39. The molecule has 2 heterocycles. The smallest absolute Gasteiger partial charge is 0.457 e. The fourth-order valence-electron chi connectivity index (χ4n) is 13.7. The number of ether oxygens (including phenoxy) is 6. The van der Waals surface area contributed by atoms with Crippen molar-refractivity contribution >= 4 is 0 Å². The Bertz CT molecular complexity index is 4340. The van der Waals surface area contributed by atoms with Crippen LogP contribution in [-0.2, 0) is 59.4 Å². The molecule has 2 aromatic heterocycles. The highest BCUT2D eigenvalue weighted by Gasteiger charge is 2.43. The molecule has 10 aromatic carbocycles. The summed E-state index contributed by atoms with van der Waals surface area (Å²) in [5.74, 6) is 1.34. The molecule has 0 spiro atoms. The summed E-state index contributed by atoms with van der Waals surface area (Å²) in [6.07, 6.45) is -0.374. The highest BCUT2D eigenvalue weighted by molar-refractivity contribution is 5.54. The van der Waals surface area contributed by atoms with E-state index in [0.29, 0.717) is 37.9 Å². The van der Waals surface area contributed by atoms with Gasteiger partial charge in [0.2, 0.25) is 0 Å². The number of fused-ring (bicyclic) bond motifs is 2. The van der Waals surface area contributed by atoms with Crippen molar-refractivity contribution in [2.24, 2.45) is 11.8 Å². The number of halogens is 6. The zero-order chi connectivity index (χ0) is 67.4. The summed E-state index contributed by atoms with van der Waals surface area (Å²) >= 11 is 0. The number of para-hydroxylation sites is 2. The molecule has 0 bridgehead atoms. The van der Waals surface area contributed by atoms with Crippen LogP contribution < -0.4 is 18.9 Å². The maximum atomic E-state index is 12.7. The van der Waals surface area contributed by atoms with Crippen LogP contribution in [0.25, 0.3) is 0 Å². The van der Waals surface area contributed by atoms with Crippen LogP contribution in [0, 0.1) is 11.8 Å². The molecule has 2 aliphatic carbocycles. The Balaban J connectivity index is 0.000000176. The molecule has 10 nitrogen and oxygen atoms in total. The average molecular weight is 1320 g/mol. The molecule has 0 fully saturated rings. The van der Waals surface area contributed by atoms with E-state index in [4.69, 9.17) is 28.9 Å². The summed E-state index contributed by atoms with van der Waals surface area (Å²) in [6.45, 7) is 1.66. The number of imidazole rings is 2. The first kappa shape index (κ1) is 66.0. The number of nitrogens with zero attached hydrogens (tertiary/aromatic N) is 4. The predicted octanol–water partition coefficient (Wildman–Crippen LogP) is 19.5. The molecule has 0 amide bonds. The van der Waals surface area contributed by atoms with Gasteiger partial charge < -0.3 is 37.6 Å². The second-order valence-electron chi connectivity index (χ2n) is 24.3. The molecule has 0 saturated carbocycles. The van der Waals surface area contributed by atoms with Gasteiger partial charge in [0.05, 0.1) is 50.5 Å². The summed E-state index contributed by atoms with van der Waals surface area (Å²) in [6, 6.07) is 89.4. The van der Waals surface area contributed by atoms with Crippen molar-refractivity contribution < 1.29 is 54.8 Å². The van der Waals surface area contributed by atoms with E-state index in [1.165, 1.54) is 64.5 Å². The van der Waals surface area contributed by atoms with Crippen molar-refractivity contribution in [3.63, 3.8) is 0 Å². The van der Waals surface area contributed by atoms with E-state index < -0.39 is 23.8 Å². The molecule has 2 unspecified atom stereocenters. The lowest BCUT2D eigenvalue weighted by Crippen LogP contribution is -2.39. The van der Waals surface area contributed by atoms with Crippen molar-refractivity contribution in [2.75, 3.05) is 13.2 Å². The minimum Gasteiger partial charge on any atom is -0.457 e. The number of aryl methyl sites for hydroxylation is 1. The Labute approximate surface area is 565 Å². The van der Waals surface area contributed by atoms with E-state index >= 15 is 0 Å². The van der Waals surface area contributed by atoms with Crippen LogP contribution in [0.1, 0.15) is 80.1 Å². The Morgan fingerprint density at radius 2 is 0.684 bits per heavy atom. The maximum absolute atomic E-state index is 12.7. The van der Waals surface area contributed by atoms with E-state index in [1.54, 1.807) is 24.3 Å². The third kappa shape index (κ3) is 15.0. The van der Waals surface area contributed by atoms with Crippen LogP contribution in [0.15, 0.2) is 292 Å². The molecule has 496 valence electrons. The molecule has 16 heteroatoms. The fourth-order valence-corrected chi connectivity index (χ4v) is 13.7. The lowest BCUT2D eigenvalue weighted by atomic mass is 9.76. The number of rotatable bonds is 22. The molecule has 98 heavy (non-hydrogen) atoms. The number of hydrogen-bond donors (Lipinski definition) is 0. The van der Waals surface area contributed by atoms with Crippen LogP contribution in [0.5, 0.6) is 34.5 Å². The second kappa shape index (κ2) is 29.8. The van der Waals surface area contributed by atoms with Gasteiger partial charge in [0.25, 0.3) is 0 Å². The van der Waals surface area contributed by atoms with E-state index in [9.17, 15) is 26.3 Å². The molecule has 2 atom stereocenters. The van der Waals surface area contributed by atoms with Gasteiger partial charge in [0.1, 0.15) is 45.6 Å². The first-order chi connectivity index (χ1) is 47.8. The van der Waals surface area contributed by atoms with Gasteiger partial charge in [0, 0.05) is 34.6 Å². The van der Waals surface area contributed by atoms with Gasteiger partial charge in [-0.15, -0.1) is 26.3 Å². The zero-order valence-corrected chi connectivity index (χ0v) is 53.4. The summed E-state index contributed by atoms with van der Waals surface area (Å²) in [5.41, 5.74) is 11.9. The first-order valence-corrected chi connectivity index (χ1v) is 32.6. The summed E-state index contributed by atoms with van der Waals surface area (Å²) < 4.78 is 114. The molecule has 2 aliphatic rings. The topological polar surface area (TPSA) is 91.0 Å². The Kier molecular flexibility index (Phi) is 20.0. The van der Waals surface area contributed by atoms with E-state index in [0.717, 1.165) is 77.7 Å². The second-order valence-corrected chi connectivity index (χ2v) is 24.3. The van der Waals surface area contributed by atoms with E-state index in [1.807, 2.05) is 85.5 Å². The predicted molar refractivity (Wildman–Crippen MR) is 363 cm³/mol. The van der Waals surface area contributed by atoms with E-state index in [-0.39, 0.29) is 34.8 Å². The molecule has 14 rings (SSSR count). The van der Waals surface area contributed by atoms with Gasteiger partial charge in [-0.25, -0.2) is 9.97 Å². The average Bonchev–Trinajstić information content (AvgIpc) is 1.36. The van der Waals surface area contributed by atoms with Crippen LogP contribution >= 0.6 is 0 Å². The van der Waals surface area contributed by atoms with Crippen molar-refractivity contribution in [2.45, 2.75) is 75.5 Å². The standard InChI is InChI=1S/2C41H35F3N2O3/c42-41(43,44)49-36-21-12-20-35(26-36)48-39-22-11-10-13-31(39)28-47-27-30-23-24-38-37(25-30)45-29-46(38)40(32-14-4-1-5-15-32,33-16-6-2-7-17-33)34-18-8-3-9-19-34;42-41(43,44)49-36-21-12-20-35(26-36)48-39-22-11-10-13-31(39)28-47-27-30-23-24-37-38(25-30)46(29-45-37)40(32-14-4-1-5-15-32,33-16-6-2-7-17-33)34-18-8-3-9-19-34/h2*1-22,26,29-30H,23-25,27-28H2. The molecule has 0 aliphatic heterocycles. The lowest BCUT2D eigenvalue weighted by molar-refractivity contribution is -0.275. The highest BCUT2D eigenvalue weighted by Crippen LogP contribution is 2.46. The molecule has 0 N–H and O–H groups in total. The molecular weight excluding hydrogens is 1250 g/mol. The third-order valence-electron chi connectivity index (χ3n) is 18.0. The molecular formula is C82H70F6N4O6. The number of hydrogen-bond acceptors (Lipinski definition) is 8. The minimum atomic E-state index is -4.78. The number of alkyl halides is 6. The highest BCUT2D eigenvalue weighted by atomic mass is 19.4. The Hall–Kier alpha value is -10.7. The summed E-state index contributed by atoms with van der Waals surface area (Å²) in [7, 11) is 0. The first-order valence-electron chi connectivity index (χ1n) is 32.6. The summed E-state index contributed by atoms with van der Waals surface area (Å²) in [4.78, 5) is 9.99. The van der Waals surface area contributed by atoms with Gasteiger partial charge in [-0.3, -0.25) is 0 Å². The van der Waals surface area contributed by atoms with Crippen molar-refractivity contribution in [3.8, 4) is 34.5 Å². The Morgan fingerprint density at radius 3 is 1.08 bits per heavy atom. The minimum absolute atomic E-state index is 0.237. The van der Waals surface area contributed by atoms with Crippen LogP contribution in [0.2, 0.25) is 0 Å². The normalized spacial score (nSPS) is 14.6. The number of benzene rings is 10. The van der Waals surface area contributed by atoms with Gasteiger partial charge in [-0.1, -0.05) is 231 Å². The molecule has 0 saturated heterocycles. The number of aromatic nitrogens is 4. The van der Waals surface area contributed by atoms with Gasteiger partial charge in [-0.05, 0) is 120 Å². The van der Waals surface area contributed by atoms with Crippen molar-refractivity contribution in [1.82, 2.24) is 19.1 Å². The molecule has 12 aromatic rings. The van der Waals surface area contributed by atoms with Gasteiger partial charge in [-0.2, -0.15) is 0 Å². The fraction of sp³-hybridized carbons (Fsp3) is 0.195. The van der Waals surface area contributed by atoms with E-state index in [2.05, 4.69) is 164 Å². The Morgan fingerprint density at radius 1 is 0.347 bits per heavy atom. The van der Waals surface area contributed by atoms with Crippen LogP contribution in [-0.4, -0.2) is 45.0 Å². The SMILES string of the molecule is FC(F)(F)Oc1cccc(Oc2ccccc2COCC2CCc3c(ncn3C(c3ccccc3)(c3ccccc3)c3ccccc3)C2)c1.FC(F)(F)Oc1cccc(Oc2ccccc2COCC2CCc3ncn(C(c4ccccc4)(c4ccccc4)c4ccccc4)c3C2)c1. The van der Waals surface area contributed by atoms with Crippen molar-refractivity contribution in [3.05, 3.63) is 359 Å².